The minimum Gasteiger partial charge on any atom is -0.466 e. The van der Waals surface area contributed by atoms with Crippen molar-refractivity contribution in [3.05, 3.63) is 11.1 Å². The number of carbonyl (C=O) groups is 1. The largest absolute Gasteiger partial charge is 0.466 e. The Morgan fingerprint density at radius 3 is 2.90 bits per heavy atom. The van der Waals surface area contributed by atoms with Crippen molar-refractivity contribution in [3.63, 3.8) is 0 Å². The van der Waals surface area contributed by atoms with Crippen molar-refractivity contribution in [3.8, 4) is 0 Å². The van der Waals surface area contributed by atoms with E-state index in [2.05, 4.69) is 10.3 Å². The molecule has 1 aromatic rings. The van der Waals surface area contributed by atoms with Crippen molar-refractivity contribution < 1.29 is 22.7 Å². The number of hydrogen-bond donors (Lipinski definition) is 1. The third-order valence-corrected chi connectivity index (χ3v) is 3.20. The summed E-state index contributed by atoms with van der Waals surface area (Å²) in [5.41, 5.74) is 0.737. The number of alkyl halides is 3. The predicted molar refractivity (Wildman–Crippen MR) is 70.8 cm³/mol. The zero-order valence-electron chi connectivity index (χ0n) is 11.1. The first kappa shape index (κ1) is 16.7. The van der Waals surface area contributed by atoms with Gasteiger partial charge >= 0.3 is 12.1 Å². The standard InChI is InChI=1S/C12H17F3N2O2S/c1-2-19-10(18)5-4-9-8-20-11(17-9)16-7-3-6-12(13,14)15/h8H,2-7H2,1H3,(H,16,17). The summed E-state index contributed by atoms with van der Waals surface area (Å²) in [6, 6.07) is 0. The number of esters is 1. The zero-order chi connectivity index (χ0) is 15.0. The van der Waals surface area contributed by atoms with E-state index in [1.165, 1.54) is 11.3 Å². The first-order valence-corrected chi connectivity index (χ1v) is 7.19. The molecular weight excluding hydrogens is 293 g/mol. The number of aryl methyl sites for hydroxylation is 1. The van der Waals surface area contributed by atoms with Crippen LogP contribution in [0, 0.1) is 0 Å². The summed E-state index contributed by atoms with van der Waals surface area (Å²) in [7, 11) is 0. The maximum Gasteiger partial charge on any atom is 0.389 e. The van der Waals surface area contributed by atoms with Crippen LogP contribution in [-0.2, 0) is 16.0 Å². The molecule has 0 aliphatic heterocycles. The van der Waals surface area contributed by atoms with E-state index >= 15 is 0 Å². The van der Waals surface area contributed by atoms with Crippen LogP contribution in [0.1, 0.15) is 31.9 Å². The Bertz CT molecular complexity index is 421. The molecule has 1 aromatic heterocycles. The smallest absolute Gasteiger partial charge is 0.389 e. The van der Waals surface area contributed by atoms with E-state index in [9.17, 15) is 18.0 Å². The van der Waals surface area contributed by atoms with Crippen LogP contribution in [0.3, 0.4) is 0 Å². The Kier molecular flexibility index (Phi) is 6.77. The number of thiazole rings is 1. The van der Waals surface area contributed by atoms with Gasteiger partial charge in [0.15, 0.2) is 5.13 Å². The SMILES string of the molecule is CCOC(=O)CCc1csc(NCCCC(F)(F)F)n1. The lowest BCUT2D eigenvalue weighted by molar-refractivity contribution is -0.143. The van der Waals surface area contributed by atoms with E-state index in [1.54, 1.807) is 12.3 Å². The lowest BCUT2D eigenvalue weighted by atomic mass is 10.2. The molecule has 114 valence electrons. The number of rotatable bonds is 8. The quantitative estimate of drug-likeness (QED) is 0.590. The normalized spacial score (nSPS) is 11.4. The maximum absolute atomic E-state index is 11.9. The number of nitrogens with one attached hydrogen (secondary N) is 1. The number of nitrogens with zero attached hydrogens (tertiary/aromatic N) is 1. The number of aromatic nitrogens is 1. The van der Waals surface area contributed by atoms with Crippen molar-refractivity contribution in [2.45, 2.75) is 38.8 Å². The van der Waals surface area contributed by atoms with Crippen LogP contribution < -0.4 is 5.32 Å². The highest BCUT2D eigenvalue weighted by atomic mass is 32.1. The highest BCUT2D eigenvalue weighted by molar-refractivity contribution is 7.13. The van der Waals surface area contributed by atoms with Gasteiger partial charge in [-0.15, -0.1) is 11.3 Å². The first-order chi connectivity index (χ1) is 9.40. The molecule has 0 amide bonds. The summed E-state index contributed by atoms with van der Waals surface area (Å²) in [4.78, 5) is 15.4. The van der Waals surface area contributed by atoms with Gasteiger partial charge in [0.2, 0.25) is 0 Å². The van der Waals surface area contributed by atoms with Crippen molar-refractivity contribution in [1.82, 2.24) is 4.98 Å². The highest BCUT2D eigenvalue weighted by Gasteiger charge is 2.25. The summed E-state index contributed by atoms with van der Waals surface area (Å²) < 4.78 is 40.6. The molecule has 0 saturated carbocycles. The van der Waals surface area contributed by atoms with Gasteiger partial charge in [-0.3, -0.25) is 4.79 Å². The molecule has 20 heavy (non-hydrogen) atoms. The van der Waals surface area contributed by atoms with E-state index in [0.717, 1.165) is 5.69 Å². The molecule has 0 spiro atoms. The lowest BCUT2D eigenvalue weighted by Gasteiger charge is -2.06. The lowest BCUT2D eigenvalue weighted by Crippen LogP contribution is -2.10. The third-order valence-electron chi connectivity index (χ3n) is 2.36. The molecule has 0 unspecified atom stereocenters. The van der Waals surface area contributed by atoms with Gasteiger partial charge in [0.05, 0.1) is 18.7 Å². The average molecular weight is 310 g/mol. The highest BCUT2D eigenvalue weighted by Crippen LogP contribution is 2.22. The molecule has 0 atom stereocenters. The molecule has 1 N–H and O–H groups in total. The number of halogens is 3. The minimum absolute atomic E-state index is 0.0151. The van der Waals surface area contributed by atoms with Crippen molar-refractivity contribution in [2.24, 2.45) is 0 Å². The van der Waals surface area contributed by atoms with Gasteiger partial charge in [-0.1, -0.05) is 0 Å². The van der Waals surface area contributed by atoms with Crippen molar-refractivity contribution in [2.75, 3.05) is 18.5 Å². The summed E-state index contributed by atoms with van der Waals surface area (Å²) >= 11 is 1.32. The topological polar surface area (TPSA) is 51.2 Å². The second-order valence-electron chi connectivity index (χ2n) is 4.09. The number of carbonyl (C=O) groups excluding carboxylic acids is 1. The van der Waals surface area contributed by atoms with E-state index in [0.29, 0.717) is 18.2 Å². The number of ether oxygens (including phenoxy) is 1. The predicted octanol–water partition coefficient (Wildman–Crippen LogP) is 3.39. The molecule has 0 aromatic carbocycles. The molecule has 1 heterocycles. The van der Waals surface area contributed by atoms with Crippen LogP contribution in [0.5, 0.6) is 0 Å². The minimum atomic E-state index is -4.12. The molecule has 0 aliphatic carbocycles. The summed E-state index contributed by atoms with van der Waals surface area (Å²) in [5.74, 6) is -0.278. The zero-order valence-corrected chi connectivity index (χ0v) is 11.9. The van der Waals surface area contributed by atoms with Crippen LogP contribution >= 0.6 is 11.3 Å². The first-order valence-electron chi connectivity index (χ1n) is 6.31. The summed E-state index contributed by atoms with van der Waals surface area (Å²) in [5, 5.41) is 5.20. The van der Waals surface area contributed by atoms with Gasteiger partial charge in [0, 0.05) is 24.8 Å². The Morgan fingerprint density at radius 2 is 2.25 bits per heavy atom. The van der Waals surface area contributed by atoms with E-state index in [-0.39, 0.29) is 25.4 Å². The van der Waals surface area contributed by atoms with E-state index < -0.39 is 12.6 Å². The van der Waals surface area contributed by atoms with Crippen LogP contribution in [0.4, 0.5) is 18.3 Å². The van der Waals surface area contributed by atoms with Crippen molar-refractivity contribution in [1.29, 1.82) is 0 Å². The Hall–Kier alpha value is -1.31. The molecular formula is C12H17F3N2O2S. The van der Waals surface area contributed by atoms with Crippen LogP contribution in [0.25, 0.3) is 0 Å². The summed E-state index contributed by atoms with van der Waals surface area (Å²) in [6.07, 6.45) is -4.18. The number of hydrogen-bond acceptors (Lipinski definition) is 5. The van der Waals surface area contributed by atoms with Crippen LogP contribution in [0.2, 0.25) is 0 Å². The van der Waals surface area contributed by atoms with E-state index in [4.69, 9.17) is 4.74 Å². The monoisotopic (exact) mass is 310 g/mol. The average Bonchev–Trinajstić information content (AvgIpc) is 2.79. The van der Waals surface area contributed by atoms with Crippen LogP contribution in [-0.4, -0.2) is 30.3 Å². The Balaban J connectivity index is 2.24. The molecule has 1 rings (SSSR count). The van der Waals surface area contributed by atoms with Gasteiger partial charge in [-0.2, -0.15) is 13.2 Å². The van der Waals surface area contributed by atoms with Gasteiger partial charge in [-0.25, -0.2) is 4.98 Å². The van der Waals surface area contributed by atoms with E-state index in [1.807, 2.05) is 0 Å². The third kappa shape index (κ3) is 7.32. The molecule has 4 nitrogen and oxygen atoms in total. The molecule has 0 radical (unpaired) electrons. The van der Waals surface area contributed by atoms with Gasteiger partial charge in [0.1, 0.15) is 0 Å². The fourth-order valence-electron chi connectivity index (χ4n) is 1.45. The fraction of sp³-hybridized carbons (Fsp3) is 0.667. The number of anilines is 1. The second-order valence-corrected chi connectivity index (χ2v) is 4.95. The second kappa shape index (κ2) is 8.08. The van der Waals surface area contributed by atoms with Crippen LogP contribution in [0.15, 0.2) is 5.38 Å². The Morgan fingerprint density at radius 1 is 1.50 bits per heavy atom. The molecule has 0 saturated heterocycles. The fourth-order valence-corrected chi connectivity index (χ4v) is 2.22. The Labute approximate surface area is 119 Å². The molecule has 8 heteroatoms. The molecule has 0 bridgehead atoms. The van der Waals surface area contributed by atoms with Gasteiger partial charge < -0.3 is 10.1 Å². The maximum atomic E-state index is 11.9. The van der Waals surface area contributed by atoms with Crippen molar-refractivity contribution >= 4 is 22.4 Å². The molecule has 0 aliphatic rings. The van der Waals surface area contributed by atoms with Gasteiger partial charge in [0.25, 0.3) is 0 Å². The summed E-state index contributed by atoms with van der Waals surface area (Å²) in [6.45, 7) is 2.32. The van der Waals surface area contributed by atoms with Gasteiger partial charge in [-0.05, 0) is 13.3 Å². The molecule has 0 fully saturated rings.